The van der Waals surface area contributed by atoms with Crippen molar-refractivity contribution in [3.8, 4) is 0 Å². The van der Waals surface area contributed by atoms with Crippen LogP contribution in [0.2, 0.25) is 0 Å². The molecule has 1 aliphatic rings. The van der Waals surface area contributed by atoms with Crippen molar-refractivity contribution in [2.45, 2.75) is 26.2 Å². The van der Waals surface area contributed by atoms with Gasteiger partial charge in [0.2, 0.25) is 0 Å². The Morgan fingerprint density at radius 1 is 1.17 bits per heavy atom. The Bertz CT molecular complexity index is 422. The summed E-state index contributed by atoms with van der Waals surface area (Å²) in [5, 5.41) is 4.26. The molecule has 0 aromatic heterocycles. The van der Waals surface area contributed by atoms with E-state index in [1.807, 2.05) is 30.3 Å². The van der Waals surface area contributed by atoms with Gasteiger partial charge in [-0.2, -0.15) is 5.10 Å². The summed E-state index contributed by atoms with van der Waals surface area (Å²) in [4.78, 5) is 13.7. The standard InChI is InChI=1S/C14H19N3O/c1-12(18)14(17-10-6-3-7-11-17)16-15-13-8-4-2-5-9-13/h2,4-5,8-9,15H,3,6-7,10-11H2,1H3/b16-14+. The third kappa shape index (κ3) is 3.32. The highest BCUT2D eigenvalue weighted by Crippen LogP contribution is 2.11. The van der Waals surface area contributed by atoms with Crippen LogP contribution in [0.3, 0.4) is 0 Å². The molecule has 2 rings (SSSR count). The number of amidine groups is 1. The molecular formula is C14H19N3O. The van der Waals surface area contributed by atoms with Gasteiger partial charge in [0.05, 0.1) is 5.69 Å². The van der Waals surface area contributed by atoms with E-state index in [2.05, 4.69) is 15.4 Å². The third-order valence-corrected chi connectivity index (χ3v) is 3.04. The number of ketones is 1. The minimum absolute atomic E-state index is 0.0142. The Morgan fingerprint density at radius 2 is 1.83 bits per heavy atom. The fourth-order valence-electron chi connectivity index (χ4n) is 2.11. The number of nitrogens with one attached hydrogen (secondary N) is 1. The summed E-state index contributed by atoms with van der Waals surface area (Å²) in [7, 11) is 0. The van der Waals surface area contributed by atoms with E-state index in [4.69, 9.17) is 0 Å². The third-order valence-electron chi connectivity index (χ3n) is 3.04. The average Bonchev–Trinajstić information content (AvgIpc) is 2.41. The summed E-state index contributed by atoms with van der Waals surface area (Å²) in [6.45, 7) is 3.42. The number of benzene rings is 1. The number of hydrogen-bond donors (Lipinski definition) is 1. The van der Waals surface area contributed by atoms with Gasteiger partial charge in [-0.05, 0) is 31.4 Å². The molecule has 0 aliphatic carbocycles. The lowest BCUT2D eigenvalue weighted by molar-refractivity contribution is -0.111. The van der Waals surface area contributed by atoms with Crippen molar-refractivity contribution in [3.63, 3.8) is 0 Å². The second-order valence-corrected chi connectivity index (χ2v) is 4.52. The van der Waals surface area contributed by atoms with Crippen molar-refractivity contribution in [2.24, 2.45) is 5.10 Å². The summed E-state index contributed by atoms with van der Waals surface area (Å²) in [6.07, 6.45) is 3.52. The molecule has 1 aromatic carbocycles. The second kappa shape index (κ2) is 6.19. The van der Waals surface area contributed by atoms with E-state index < -0.39 is 0 Å². The molecule has 0 amide bonds. The number of likely N-dealkylation sites (tertiary alicyclic amines) is 1. The molecule has 1 saturated heterocycles. The SMILES string of the molecule is CC(=O)/C(=N\Nc1ccccc1)N1CCCCC1. The van der Waals surface area contributed by atoms with Gasteiger partial charge in [-0.1, -0.05) is 18.2 Å². The van der Waals surface area contributed by atoms with Gasteiger partial charge in [0.1, 0.15) is 0 Å². The number of hydrogen-bond acceptors (Lipinski definition) is 3. The quantitative estimate of drug-likeness (QED) is 0.505. The minimum Gasteiger partial charge on any atom is -0.352 e. The molecule has 0 unspecified atom stereocenters. The topological polar surface area (TPSA) is 44.7 Å². The molecular weight excluding hydrogens is 226 g/mol. The second-order valence-electron chi connectivity index (χ2n) is 4.52. The van der Waals surface area contributed by atoms with E-state index in [9.17, 15) is 4.79 Å². The highest BCUT2D eigenvalue weighted by molar-refractivity contribution is 6.37. The molecule has 1 aliphatic heterocycles. The number of piperidine rings is 1. The maximum atomic E-state index is 11.7. The number of carbonyl (C=O) groups excluding carboxylic acids is 1. The monoisotopic (exact) mass is 245 g/mol. The smallest absolute Gasteiger partial charge is 0.196 e. The van der Waals surface area contributed by atoms with Crippen LogP contribution in [0.1, 0.15) is 26.2 Å². The maximum absolute atomic E-state index is 11.7. The number of Topliss-reactive ketones (excluding diaryl/α,β-unsaturated/α-hetero) is 1. The van der Waals surface area contributed by atoms with Crippen LogP contribution in [0.4, 0.5) is 5.69 Å². The van der Waals surface area contributed by atoms with Gasteiger partial charge in [0, 0.05) is 20.0 Å². The van der Waals surface area contributed by atoms with Gasteiger partial charge < -0.3 is 4.90 Å². The highest BCUT2D eigenvalue weighted by Gasteiger charge is 2.18. The van der Waals surface area contributed by atoms with Gasteiger partial charge in [-0.15, -0.1) is 0 Å². The van der Waals surface area contributed by atoms with Gasteiger partial charge in [0.15, 0.2) is 11.6 Å². The summed E-state index contributed by atoms with van der Waals surface area (Å²) in [5.74, 6) is 0.555. The van der Waals surface area contributed by atoms with Crippen LogP contribution in [0.5, 0.6) is 0 Å². The van der Waals surface area contributed by atoms with Crippen molar-refractivity contribution in [2.75, 3.05) is 18.5 Å². The fraction of sp³-hybridized carbons (Fsp3) is 0.429. The van der Waals surface area contributed by atoms with Gasteiger partial charge >= 0.3 is 0 Å². The van der Waals surface area contributed by atoms with Crippen LogP contribution in [0, 0.1) is 0 Å². The summed E-state index contributed by atoms with van der Waals surface area (Å²) in [5.41, 5.74) is 3.85. The fourth-order valence-corrected chi connectivity index (χ4v) is 2.11. The molecule has 1 aromatic rings. The van der Waals surface area contributed by atoms with Crippen molar-refractivity contribution >= 4 is 17.3 Å². The Morgan fingerprint density at radius 3 is 2.44 bits per heavy atom. The first-order chi connectivity index (χ1) is 8.77. The van der Waals surface area contributed by atoms with Crippen molar-refractivity contribution in [3.05, 3.63) is 30.3 Å². The number of carbonyl (C=O) groups is 1. The van der Waals surface area contributed by atoms with Crippen LogP contribution in [-0.2, 0) is 4.79 Å². The predicted octanol–water partition coefficient (Wildman–Crippen LogP) is 2.49. The van der Waals surface area contributed by atoms with E-state index in [0.29, 0.717) is 5.84 Å². The van der Waals surface area contributed by atoms with Crippen LogP contribution in [0.15, 0.2) is 35.4 Å². The van der Waals surface area contributed by atoms with E-state index in [-0.39, 0.29) is 5.78 Å². The Labute approximate surface area is 108 Å². The Hall–Kier alpha value is -1.84. The Balaban J connectivity index is 2.07. The van der Waals surface area contributed by atoms with Gasteiger partial charge in [0.25, 0.3) is 0 Å². The molecule has 0 bridgehead atoms. The number of para-hydroxylation sites is 1. The largest absolute Gasteiger partial charge is 0.352 e. The van der Waals surface area contributed by atoms with E-state index >= 15 is 0 Å². The summed E-state index contributed by atoms with van der Waals surface area (Å²) in [6, 6.07) is 9.68. The minimum atomic E-state index is 0.0142. The molecule has 0 saturated carbocycles. The lowest BCUT2D eigenvalue weighted by Crippen LogP contribution is -2.39. The normalized spacial score (nSPS) is 16.5. The number of anilines is 1. The molecule has 0 radical (unpaired) electrons. The number of hydrazone groups is 1. The molecule has 4 nitrogen and oxygen atoms in total. The lowest BCUT2D eigenvalue weighted by atomic mass is 10.1. The molecule has 18 heavy (non-hydrogen) atoms. The van der Waals surface area contributed by atoms with E-state index in [1.165, 1.54) is 6.42 Å². The molecule has 1 heterocycles. The van der Waals surface area contributed by atoms with Crippen LogP contribution < -0.4 is 5.43 Å². The predicted molar refractivity (Wildman–Crippen MR) is 73.6 cm³/mol. The maximum Gasteiger partial charge on any atom is 0.196 e. The molecule has 96 valence electrons. The first-order valence-corrected chi connectivity index (χ1v) is 6.42. The van der Waals surface area contributed by atoms with Crippen LogP contribution in [0.25, 0.3) is 0 Å². The Kier molecular flexibility index (Phi) is 4.34. The van der Waals surface area contributed by atoms with Crippen molar-refractivity contribution in [1.82, 2.24) is 4.90 Å². The van der Waals surface area contributed by atoms with Gasteiger partial charge in [-0.25, -0.2) is 0 Å². The van der Waals surface area contributed by atoms with E-state index in [1.54, 1.807) is 6.92 Å². The van der Waals surface area contributed by atoms with Gasteiger partial charge in [-0.3, -0.25) is 10.2 Å². The first-order valence-electron chi connectivity index (χ1n) is 6.42. The molecule has 4 heteroatoms. The van der Waals surface area contributed by atoms with Crippen LogP contribution >= 0.6 is 0 Å². The zero-order valence-electron chi connectivity index (χ0n) is 10.7. The van der Waals surface area contributed by atoms with Crippen molar-refractivity contribution in [1.29, 1.82) is 0 Å². The molecule has 0 atom stereocenters. The average molecular weight is 245 g/mol. The molecule has 0 spiro atoms. The zero-order valence-corrected chi connectivity index (χ0v) is 10.7. The zero-order chi connectivity index (χ0) is 12.8. The summed E-state index contributed by atoms with van der Waals surface area (Å²) < 4.78 is 0. The van der Waals surface area contributed by atoms with Crippen LogP contribution in [-0.4, -0.2) is 29.6 Å². The number of rotatable bonds is 3. The summed E-state index contributed by atoms with van der Waals surface area (Å²) >= 11 is 0. The highest BCUT2D eigenvalue weighted by atomic mass is 16.1. The first kappa shape index (κ1) is 12.6. The van der Waals surface area contributed by atoms with Crippen molar-refractivity contribution < 1.29 is 4.79 Å². The molecule has 1 N–H and O–H groups in total. The lowest BCUT2D eigenvalue weighted by Gasteiger charge is -2.28. The van der Waals surface area contributed by atoms with E-state index in [0.717, 1.165) is 31.6 Å². The number of nitrogens with zero attached hydrogens (tertiary/aromatic N) is 2. The molecule has 1 fully saturated rings.